The predicted octanol–water partition coefficient (Wildman–Crippen LogP) is 3.91. The van der Waals surface area contributed by atoms with E-state index in [0.717, 1.165) is 12.3 Å². The maximum atomic E-state index is 14.4. The fourth-order valence-electron chi connectivity index (χ4n) is 4.08. The normalized spacial score (nSPS) is 18.7. The number of H-pyrrole nitrogens is 1. The van der Waals surface area contributed by atoms with Gasteiger partial charge in [-0.15, -0.1) is 0 Å². The third kappa shape index (κ3) is 4.46. The van der Waals surface area contributed by atoms with Crippen LogP contribution >= 0.6 is 0 Å². The zero-order valence-corrected chi connectivity index (χ0v) is 17.5. The van der Waals surface area contributed by atoms with E-state index in [2.05, 4.69) is 10.3 Å². The van der Waals surface area contributed by atoms with Crippen LogP contribution in [0.25, 0.3) is 22.2 Å². The predicted molar refractivity (Wildman–Crippen MR) is 112 cm³/mol. The summed E-state index contributed by atoms with van der Waals surface area (Å²) in [4.78, 5) is 15.3. The van der Waals surface area contributed by atoms with Crippen LogP contribution in [-0.2, 0) is 14.6 Å². The van der Waals surface area contributed by atoms with Crippen molar-refractivity contribution in [1.82, 2.24) is 10.3 Å². The molecular formula is C22H21F3N2O3S. The van der Waals surface area contributed by atoms with Crippen molar-refractivity contribution in [2.24, 2.45) is 5.92 Å². The van der Waals surface area contributed by atoms with Crippen LogP contribution < -0.4 is 5.32 Å². The summed E-state index contributed by atoms with van der Waals surface area (Å²) in [5.74, 6) is -2.64. The van der Waals surface area contributed by atoms with Gasteiger partial charge in [-0.1, -0.05) is 0 Å². The molecule has 1 saturated carbocycles. The van der Waals surface area contributed by atoms with Gasteiger partial charge in [-0.05, 0) is 60.2 Å². The number of hydrogen-bond acceptors (Lipinski definition) is 3. The summed E-state index contributed by atoms with van der Waals surface area (Å²) in [6.07, 6.45) is 2.03. The molecular weight excluding hydrogens is 429 g/mol. The van der Waals surface area contributed by atoms with Crippen molar-refractivity contribution < 1.29 is 26.4 Å². The van der Waals surface area contributed by atoms with E-state index >= 15 is 0 Å². The molecule has 5 nitrogen and oxygen atoms in total. The minimum Gasteiger partial charge on any atom is -0.355 e. The van der Waals surface area contributed by atoms with Crippen LogP contribution in [0.2, 0.25) is 0 Å². The fourth-order valence-corrected chi connectivity index (χ4v) is 4.55. The molecule has 0 spiro atoms. The van der Waals surface area contributed by atoms with Gasteiger partial charge in [0.2, 0.25) is 5.91 Å². The number of aromatic amines is 1. The lowest BCUT2D eigenvalue weighted by Crippen LogP contribution is -2.39. The smallest absolute Gasteiger partial charge is 0.223 e. The van der Waals surface area contributed by atoms with Crippen molar-refractivity contribution in [2.75, 3.05) is 18.6 Å². The Balaban J connectivity index is 1.61. The van der Waals surface area contributed by atoms with Gasteiger partial charge in [0.05, 0.1) is 17.0 Å². The van der Waals surface area contributed by atoms with Crippen LogP contribution in [0.4, 0.5) is 13.2 Å². The van der Waals surface area contributed by atoms with Gasteiger partial charge in [0.15, 0.2) is 0 Å². The lowest BCUT2D eigenvalue weighted by atomic mass is 9.70. The number of carbonyl (C=O) groups is 1. The van der Waals surface area contributed by atoms with Crippen LogP contribution in [0, 0.1) is 23.4 Å². The van der Waals surface area contributed by atoms with Gasteiger partial charge >= 0.3 is 0 Å². The number of sulfone groups is 1. The molecule has 0 radical (unpaired) electrons. The summed E-state index contributed by atoms with van der Waals surface area (Å²) in [5.41, 5.74) is 2.06. The highest BCUT2D eigenvalue weighted by atomic mass is 32.2. The maximum Gasteiger partial charge on any atom is 0.223 e. The van der Waals surface area contributed by atoms with E-state index in [9.17, 15) is 26.4 Å². The van der Waals surface area contributed by atoms with Crippen LogP contribution in [0.5, 0.6) is 0 Å². The molecule has 1 aromatic heterocycles. The van der Waals surface area contributed by atoms with E-state index in [1.165, 1.54) is 18.2 Å². The molecule has 3 aromatic rings. The molecule has 2 N–H and O–H groups in total. The van der Waals surface area contributed by atoms with Gasteiger partial charge in [-0.2, -0.15) is 0 Å². The van der Waals surface area contributed by atoms with Crippen LogP contribution in [-0.4, -0.2) is 37.9 Å². The molecule has 31 heavy (non-hydrogen) atoms. The van der Waals surface area contributed by atoms with E-state index in [1.54, 1.807) is 12.1 Å². The average molecular weight is 450 g/mol. The summed E-state index contributed by atoms with van der Waals surface area (Å²) in [5, 5.41) is 3.03. The number of hydrogen-bond donors (Lipinski definition) is 2. The number of aromatic nitrogens is 1. The topological polar surface area (TPSA) is 79.0 Å². The van der Waals surface area contributed by atoms with Crippen molar-refractivity contribution in [3.05, 3.63) is 59.4 Å². The number of nitrogens with one attached hydrogen (secondary N) is 2. The third-order valence-electron chi connectivity index (χ3n) is 5.69. The van der Waals surface area contributed by atoms with E-state index < -0.39 is 27.3 Å². The lowest BCUT2D eigenvalue weighted by molar-refractivity contribution is -0.127. The Morgan fingerprint density at radius 3 is 2.42 bits per heavy atom. The fraction of sp³-hybridized carbons (Fsp3) is 0.318. The number of amides is 1. The van der Waals surface area contributed by atoms with Gasteiger partial charge in [0.25, 0.3) is 0 Å². The molecule has 2 aromatic carbocycles. The SMILES string of the molecule is CS(=O)(=O)CCNC(=O)C1CC(c2c(-c3ccc(F)cc3)[nH]c3c(F)cc(F)cc23)C1. The first kappa shape index (κ1) is 21.4. The van der Waals surface area contributed by atoms with E-state index in [1.807, 2.05) is 0 Å². The van der Waals surface area contributed by atoms with Crippen molar-refractivity contribution >= 4 is 26.6 Å². The Kier molecular flexibility index (Phi) is 5.55. The molecule has 0 saturated heterocycles. The molecule has 0 unspecified atom stereocenters. The molecule has 4 rings (SSSR count). The number of benzene rings is 2. The highest BCUT2D eigenvalue weighted by Gasteiger charge is 2.38. The molecule has 1 amide bonds. The quantitative estimate of drug-likeness (QED) is 0.598. The van der Waals surface area contributed by atoms with E-state index in [4.69, 9.17) is 0 Å². The molecule has 1 fully saturated rings. The lowest BCUT2D eigenvalue weighted by Gasteiger charge is -2.35. The zero-order valence-electron chi connectivity index (χ0n) is 16.7. The summed E-state index contributed by atoms with van der Waals surface area (Å²) in [6.45, 7) is 0.0448. The Morgan fingerprint density at radius 2 is 1.77 bits per heavy atom. The largest absolute Gasteiger partial charge is 0.355 e. The minimum absolute atomic E-state index is 0.0448. The first-order valence-electron chi connectivity index (χ1n) is 9.84. The molecule has 9 heteroatoms. The van der Waals surface area contributed by atoms with Crippen LogP contribution in [0.1, 0.15) is 24.3 Å². The van der Waals surface area contributed by atoms with Gasteiger partial charge in [-0.25, -0.2) is 21.6 Å². The van der Waals surface area contributed by atoms with Gasteiger partial charge in [-0.3, -0.25) is 4.79 Å². The molecule has 1 heterocycles. The Labute approximate surface area is 177 Å². The molecule has 1 aliphatic carbocycles. The van der Waals surface area contributed by atoms with Gasteiger partial charge < -0.3 is 10.3 Å². The average Bonchev–Trinajstić information content (AvgIpc) is 3.00. The monoisotopic (exact) mass is 450 g/mol. The third-order valence-corrected chi connectivity index (χ3v) is 6.63. The second-order valence-electron chi connectivity index (χ2n) is 8.02. The minimum atomic E-state index is -3.17. The molecule has 164 valence electrons. The second kappa shape index (κ2) is 8.03. The number of fused-ring (bicyclic) bond motifs is 1. The van der Waals surface area contributed by atoms with Gasteiger partial charge in [0.1, 0.15) is 27.3 Å². The van der Waals surface area contributed by atoms with Crippen molar-refractivity contribution in [3.8, 4) is 11.3 Å². The van der Waals surface area contributed by atoms with Gasteiger partial charge in [0, 0.05) is 30.2 Å². The van der Waals surface area contributed by atoms with Crippen molar-refractivity contribution in [2.45, 2.75) is 18.8 Å². The number of rotatable bonds is 6. The summed E-state index contributed by atoms with van der Waals surface area (Å²) in [6, 6.07) is 7.77. The zero-order chi connectivity index (χ0) is 22.3. The standard InChI is InChI=1S/C22H21F3N2O3S/c1-31(29,30)7-6-26-22(28)14-8-13(9-14)19-17-10-16(24)11-18(25)21(17)27-20(19)12-2-4-15(23)5-3-12/h2-5,10-11,13-14,27H,6-9H2,1H3,(H,26,28). The Bertz CT molecular complexity index is 1250. The van der Waals surface area contributed by atoms with Crippen LogP contribution in [0.15, 0.2) is 36.4 Å². The molecule has 1 aliphatic rings. The first-order valence-corrected chi connectivity index (χ1v) is 11.9. The number of carbonyl (C=O) groups excluding carboxylic acids is 1. The first-order chi connectivity index (χ1) is 14.6. The van der Waals surface area contributed by atoms with Crippen LogP contribution in [0.3, 0.4) is 0 Å². The van der Waals surface area contributed by atoms with Crippen molar-refractivity contribution in [1.29, 1.82) is 0 Å². The molecule has 0 aliphatic heterocycles. The highest BCUT2D eigenvalue weighted by molar-refractivity contribution is 7.90. The number of halogens is 3. The highest BCUT2D eigenvalue weighted by Crippen LogP contribution is 2.48. The summed E-state index contributed by atoms with van der Waals surface area (Å²) < 4.78 is 64.1. The van der Waals surface area contributed by atoms with E-state index in [-0.39, 0.29) is 35.6 Å². The molecule has 0 atom stereocenters. The molecule has 0 bridgehead atoms. The summed E-state index contributed by atoms with van der Waals surface area (Å²) >= 11 is 0. The van der Waals surface area contributed by atoms with E-state index in [0.29, 0.717) is 35.0 Å². The van der Waals surface area contributed by atoms with Crippen molar-refractivity contribution in [3.63, 3.8) is 0 Å². The Hall–Kier alpha value is -2.81. The Morgan fingerprint density at radius 1 is 1.10 bits per heavy atom. The maximum absolute atomic E-state index is 14.4. The second-order valence-corrected chi connectivity index (χ2v) is 10.3. The summed E-state index contributed by atoms with van der Waals surface area (Å²) in [7, 11) is -3.17.